The lowest BCUT2D eigenvalue weighted by molar-refractivity contribution is 1.22. The third kappa shape index (κ3) is 3.48. The number of rotatable bonds is 3. The number of pyridine rings is 4. The van der Waals surface area contributed by atoms with Crippen LogP contribution in [-0.4, -0.2) is 19.9 Å². The highest BCUT2D eigenvalue weighted by Crippen LogP contribution is 2.26. The summed E-state index contributed by atoms with van der Waals surface area (Å²) in [5, 5.41) is 2.03. The van der Waals surface area contributed by atoms with Crippen LogP contribution >= 0.6 is 0 Å². The molecule has 4 heteroatoms. The van der Waals surface area contributed by atoms with Crippen LogP contribution in [0.3, 0.4) is 0 Å². The van der Waals surface area contributed by atoms with Gasteiger partial charge in [-0.25, -0.2) is 19.9 Å². The van der Waals surface area contributed by atoms with Crippen LogP contribution in [0.15, 0.2) is 85.2 Å². The van der Waals surface area contributed by atoms with Crippen molar-refractivity contribution in [3.05, 3.63) is 108 Å². The minimum Gasteiger partial charge on any atom is -0.237 e. The van der Waals surface area contributed by atoms with Crippen molar-refractivity contribution >= 4 is 33.7 Å². The van der Waals surface area contributed by atoms with E-state index in [0.717, 1.165) is 44.6 Å². The van der Waals surface area contributed by atoms with Gasteiger partial charge in [-0.1, -0.05) is 29.8 Å². The summed E-state index contributed by atoms with van der Waals surface area (Å²) in [5.41, 5.74) is 6.37. The zero-order valence-electron chi connectivity index (χ0n) is 15.9. The highest BCUT2D eigenvalue weighted by molar-refractivity contribution is 5.92. The Kier molecular flexibility index (Phi) is 4.30. The van der Waals surface area contributed by atoms with E-state index in [9.17, 15) is 0 Å². The second kappa shape index (κ2) is 7.24. The van der Waals surface area contributed by atoms with Crippen molar-refractivity contribution in [3.63, 3.8) is 0 Å². The van der Waals surface area contributed by atoms with Crippen molar-refractivity contribution in [2.75, 3.05) is 0 Å². The Morgan fingerprint density at radius 1 is 0.655 bits per heavy atom. The molecule has 0 radical (unpaired) electrons. The van der Waals surface area contributed by atoms with E-state index < -0.39 is 0 Å². The minimum absolute atomic E-state index is 0.721. The van der Waals surface area contributed by atoms with Crippen molar-refractivity contribution in [2.24, 2.45) is 0 Å². The number of fused-ring (bicyclic) bond motifs is 2. The maximum atomic E-state index is 4.81. The van der Waals surface area contributed by atoms with Crippen molar-refractivity contribution in [3.8, 4) is 0 Å². The highest BCUT2D eigenvalue weighted by Gasteiger charge is 2.11. The van der Waals surface area contributed by atoms with Gasteiger partial charge in [0.1, 0.15) is 0 Å². The standard InChI is InChI=1S/C25H18N4/c1-17-6-8-18(9-7-17)16-21(22-12-10-19-4-2-14-26-24(19)28-22)23-13-11-20-5-3-15-27-25(20)29-23/h2-16H,1H3. The molecule has 5 aromatic rings. The highest BCUT2D eigenvalue weighted by atomic mass is 14.9. The Morgan fingerprint density at radius 2 is 1.21 bits per heavy atom. The molecule has 0 N–H and O–H groups in total. The van der Waals surface area contributed by atoms with Crippen LogP contribution < -0.4 is 0 Å². The number of benzene rings is 1. The third-order valence-corrected chi connectivity index (χ3v) is 4.87. The molecule has 0 saturated carbocycles. The van der Waals surface area contributed by atoms with E-state index in [0.29, 0.717) is 0 Å². The van der Waals surface area contributed by atoms with Crippen LogP contribution in [0, 0.1) is 6.92 Å². The van der Waals surface area contributed by atoms with E-state index in [1.54, 1.807) is 12.4 Å². The fraction of sp³-hybridized carbons (Fsp3) is 0.0400. The topological polar surface area (TPSA) is 51.6 Å². The van der Waals surface area contributed by atoms with Crippen LogP contribution in [0.1, 0.15) is 22.5 Å². The van der Waals surface area contributed by atoms with Crippen LogP contribution in [0.5, 0.6) is 0 Å². The molecule has 1 aromatic carbocycles. The van der Waals surface area contributed by atoms with Crippen LogP contribution in [0.25, 0.3) is 33.7 Å². The normalized spacial score (nSPS) is 10.9. The molecule has 4 heterocycles. The molecule has 0 aliphatic carbocycles. The van der Waals surface area contributed by atoms with Crippen LogP contribution in [0.4, 0.5) is 0 Å². The summed E-state index contributed by atoms with van der Waals surface area (Å²) in [4.78, 5) is 18.4. The Bertz CT molecular complexity index is 1270. The summed E-state index contributed by atoms with van der Waals surface area (Å²) >= 11 is 0. The van der Waals surface area contributed by atoms with Crippen molar-refractivity contribution in [1.82, 2.24) is 19.9 Å². The Labute approximate surface area is 168 Å². The Balaban J connectivity index is 1.71. The first-order valence-electron chi connectivity index (χ1n) is 9.49. The van der Waals surface area contributed by atoms with Gasteiger partial charge in [0.15, 0.2) is 11.3 Å². The molecule has 0 aliphatic heterocycles. The number of hydrogen-bond donors (Lipinski definition) is 0. The SMILES string of the molecule is Cc1ccc(C=C(c2ccc3cccnc3n2)c2ccc3cccnc3n2)cc1. The van der Waals surface area contributed by atoms with Gasteiger partial charge in [-0.05, 0) is 67.1 Å². The maximum Gasteiger partial charge on any atom is 0.159 e. The van der Waals surface area contributed by atoms with Crippen molar-refractivity contribution in [1.29, 1.82) is 0 Å². The predicted molar refractivity (Wildman–Crippen MR) is 117 cm³/mol. The van der Waals surface area contributed by atoms with Gasteiger partial charge in [-0.15, -0.1) is 0 Å². The smallest absolute Gasteiger partial charge is 0.159 e. The molecule has 0 saturated heterocycles. The number of hydrogen-bond acceptors (Lipinski definition) is 4. The fourth-order valence-electron chi connectivity index (χ4n) is 3.31. The van der Waals surface area contributed by atoms with E-state index in [1.165, 1.54) is 5.56 Å². The molecular weight excluding hydrogens is 356 g/mol. The number of aryl methyl sites for hydroxylation is 1. The first-order chi connectivity index (χ1) is 14.3. The van der Waals surface area contributed by atoms with Gasteiger partial charge >= 0.3 is 0 Å². The number of aromatic nitrogens is 4. The molecule has 0 unspecified atom stereocenters. The average Bonchev–Trinajstić information content (AvgIpc) is 2.78. The summed E-state index contributed by atoms with van der Waals surface area (Å²) < 4.78 is 0. The second-order valence-electron chi connectivity index (χ2n) is 6.96. The largest absolute Gasteiger partial charge is 0.237 e. The van der Waals surface area contributed by atoms with Gasteiger partial charge in [0.05, 0.1) is 11.4 Å². The van der Waals surface area contributed by atoms with Gasteiger partial charge in [-0.2, -0.15) is 0 Å². The third-order valence-electron chi connectivity index (χ3n) is 4.87. The van der Waals surface area contributed by atoms with Crippen LogP contribution in [-0.2, 0) is 0 Å². The van der Waals surface area contributed by atoms with E-state index in [2.05, 4.69) is 47.2 Å². The lowest BCUT2D eigenvalue weighted by atomic mass is 10.0. The summed E-state index contributed by atoms with van der Waals surface area (Å²) in [7, 11) is 0. The first kappa shape index (κ1) is 17.2. The van der Waals surface area contributed by atoms with Gasteiger partial charge in [0.25, 0.3) is 0 Å². The quantitative estimate of drug-likeness (QED) is 0.420. The maximum absolute atomic E-state index is 4.81. The Hall–Kier alpha value is -3.92. The van der Waals surface area contributed by atoms with E-state index in [4.69, 9.17) is 9.97 Å². The molecule has 0 spiro atoms. The zero-order chi connectivity index (χ0) is 19.6. The summed E-state index contributed by atoms with van der Waals surface area (Å²) in [5.74, 6) is 0. The van der Waals surface area contributed by atoms with E-state index in [-0.39, 0.29) is 0 Å². The first-order valence-corrected chi connectivity index (χ1v) is 9.49. The summed E-state index contributed by atoms with van der Waals surface area (Å²) in [6.07, 6.45) is 5.65. The summed E-state index contributed by atoms with van der Waals surface area (Å²) in [6.45, 7) is 2.08. The summed E-state index contributed by atoms with van der Waals surface area (Å²) in [6, 6.07) is 24.4. The Morgan fingerprint density at radius 3 is 1.76 bits per heavy atom. The lowest BCUT2D eigenvalue weighted by Crippen LogP contribution is -1.97. The molecular formula is C25H18N4. The molecule has 0 fully saturated rings. The monoisotopic (exact) mass is 374 g/mol. The zero-order valence-corrected chi connectivity index (χ0v) is 15.9. The molecule has 29 heavy (non-hydrogen) atoms. The van der Waals surface area contributed by atoms with E-state index in [1.807, 2.05) is 48.5 Å². The predicted octanol–water partition coefficient (Wildman–Crippen LogP) is 5.47. The fourth-order valence-corrected chi connectivity index (χ4v) is 3.31. The molecule has 0 bridgehead atoms. The molecule has 5 rings (SSSR count). The molecule has 0 amide bonds. The second-order valence-corrected chi connectivity index (χ2v) is 6.96. The van der Waals surface area contributed by atoms with E-state index >= 15 is 0 Å². The van der Waals surface area contributed by atoms with Gasteiger partial charge in [-0.3, -0.25) is 0 Å². The molecule has 0 atom stereocenters. The van der Waals surface area contributed by atoms with Crippen molar-refractivity contribution in [2.45, 2.75) is 6.92 Å². The van der Waals surface area contributed by atoms with Crippen LogP contribution in [0.2, 0.25) is 0 Å². The van der Waals surface area contributed by atoms with Gasteiger partial charge < -0.3 is 0 Å². The molecule has 4 aromatic heterocycles. The lowest BCUT2D eigenvalue weighted by Gasteiger charge is -2.09. The van der Waals surface area contributed by atoms with Gasteiger partial charge in [0.2, 0.25) is 0 Å². The van der Waals surface area contributed by atoms with Gasteiger partial charge in [0, 0.05) is 28.7 Å². The number of nitrogens with zero attached hydrogens (tertiary/aromatic N) is 4. The average molecular weight is 374 g/mol. The molecule has 4 nitrogen and oxygen atoms in total. The molecule has 0 aliphatic rings. The minimum atomic E-state index is 0.721. The molecule has 138 valence electrons. The van der Waals surface area contributed by atoms with Crippen molar-refractivity contribution < 1.29 is 0 Å².